The molecule has 0 aliphatic carbocycles. The molecule has 0 atom stereocenters. The summed E-state index contributed by atoms with van der Waals surface area (Å²) in [5, 5.41) is 0. The molecule has 0 saturated carbocycles. The van der Waals surface area contributed by atoms with Gasteiger partial charge in [0.25, 0.3) is 0 Å². The second-order valence-electron chi connectivity index (χ2n) is 3.47. The number of piperidine rings is 1. The van der Waals surface area contributed by atoms with Crippen molar-refractivity contribution in [2.75, 3.05) is 26.4 Å². The highest BCUT2D eigenvalue weighted by atomic mass is 16.5. The second kappa shape index (κ2) is 5.27. The minimum absolute atomic E-state index is 0.228. The maximum Gasteiger partial charge on any atom is 0.145 e. The molecule has 0 aromatic carbocycles. The fourth-order valence-electron chi connectivity index (χ4n) is 1.42. The van der Waals surface area contributed by atoms with Gasteiger partial charge in [-0.2, -0.15) is 0 Å². The third kappa shape index (κ3) is 3.32. The zero-order chi connectivity index (χ0) is 8.81. The van der Waals surface area contributed by atoms with Crippen molar-refractivity contribution >= 4 is 6.29 Å². The van der Waals surface area contributed by atoms with Crippen LogP contribution in [0.4, 0.5) is 0 Å². The van der Waals surface area contributed by atoms with Crippen LogP contribution in [0, 0.1) is 5.92 Å². The molecule has 1 heterocycles. The Hall–Kier alpha value is -0.410. The van der Waals surface area contributed by atoms with E-state index in [1.54, 1.807) is 0 Å². The average Bonchev–Trinajstić information content (AvgIpc) is 2.09. The van der Waals surface area contributed by atoms with E-state index in [1.165, 1.54) is 12.8 Å². The maximum absolute atomic E-state index is 9.96. The van der Waals surface area contributed by atoms with E-state index in [0.29, 0.717) is 6.73 Å². The van der Waals surface area contributed by atoms with Crippen molar-refractivity contribution in [3.63, 3.8) is 0 Å². The Labute approximate surface area is 73.7 Å². The van der Waals surface area contributed by atoms with Gasteiger partial charge in [0, 0.05) is 13.1 Å². The van der Waals surface area contributed by atoms with Gasteiger partial charge >= 0.3 is 0 Å². The normalized spacial score (nSPS) is 21.1. The van der Waals surface area contributed by atoms with Crippen LogP contribution in [0.3, 0.4) is 0 Å². The molecule has 1 rings (SSSR count). The lowest BCUT2D eigenvalue weighted by Gasteiger charge is -2.29. The van der Waals surface area contributed by atoms with E-state index in [9.17, 15) is 4.79 Å². The molecule has 0 amide bonds. The standard InChI is InChI=1S/C9H17NO2/c1-9-2-4-10(5-3-9)8-12-7-6-11/h6,9H,2-5,7-8H2,1H3. The van der Waals surface area contributed by atoms with Crippen LogP contribution < -0.4 is 0 Å². The van der Waals surface area contributed by atoms with Gasteiger partial charge in [-0.15, -0.1) is 0 Å². The molecule has 3 nitrogen and oxygen atoms in total. The topological polar surface area (TPSA) is 29.5 Å². The number of aldehydes is 1. The molecule has 0 unspecified atom stereocenters. The number of ether oxygens (including phenoxy) is 1. The molecular formula is C9H17NO2. The Balaban J connectivity index is 2.05. The SMILES string of the molecule is CC1CCN(COCC=O)CC1. The molecule has 0 bridgehead atoms. The van der Waals surface area contributed by atoms with Crippen LogP contribution in [0.5, 0.6) is 0 Å². The number of nitrogens with zero attached hydrogens (tertiary/aromatic N) is 1. The number of carbonyl (C=O) groups is 1. The monoisotopic (exact) mass is 171 g/mol. The quantitative estimate of drug-likeness (QED) is 0.465. The first-order valence-electron chi connectivity index (χ1n) is 4.56. The molecule has 1 aliphatic rings. The lowest BCUT2D eigenvalue weighted by Crippen LogP contribution is -2.34. The largest absolute Gasteiger partial charge is 0.359 e. The summed E-state index contributed by atoms with van der Waals surface area (Å²) in [4.78, 5) is 12.2. The van der Waals surface area contributed by atoms with Gasteiger partial charge in [-0.05, 0) is 18.8 Å². The Kier molecular flexibility index (Phi) is 4.25. The smallest absolute Gasteiger partial charge is 0.145 e. The summed E-state index contributed by atoms with van der Waals surface area (Å²) < 4.78 is 5.12. The predicted octanol–water partition coefficient (Wildman–Crippen LogP) is 0.891. The summed E-state index contributed by atoms with van der Waals surface area (Å²) in [6.07, 6.45) is 3.31. The van der Waals surface area contributed by atoms with E-state index in [0.717, 1.165) is 25.3 Å². The van der Waals surface area contributed by atoms with E-state index in [4.69, 9.17) is 4.74 Å². The number of hydrogen-bond donors (Lipinski definition) is 0. The average molecular weight is 171 g/mol. The van der Waals surface area contributed by atoms with Crippen molar-refractivity contribution < 1.29 is 9.53 Å². The number of carbonyl (C=O) groups excluding carboxylic acids is 1. The van der Waals surface area contributed by atoms with Gasteiger partial charge in [-0.25, -0.2) is 0 Å². The molecule has 1 saturated heterocycles. The minimum atomic E-state index is 0.228. The molecular weight excluding hydrogens is 154 g/mol. The molecule has 1 aliphatic heterocycles. The molecule has 3 heteroatoms. The van der Waals surface area contributed by atoms with Gasteiger partial charge in [-0.1, -0.05) is 6.92 Å². The van der Waals surface area contributed by atoms with Crippen molar-refractivity contribution in [2.45, 2.75) is 19.8 Å². The zero-order valence-corrected chi connectivity index (χ0v) is 7.66. The third-order valence-electron chi connectivity index (χ3n) is 2.34. The van der Waals surface area contributed by atoms with Crippen LogP contribution in [0.2, 0.25) is 0 Å². The maximum atomic E-state index is 9.96. The molecule has 0 radical (unpaired) electrons. The summed E-state index contributed by atoms with van der Waals surface area (Å²) in [5.74, 6) is 0.854. The Morgan fingerprint density at radius 1 is 1.50 bits per heavy atom. The van der Waals surface area contributed by atoms with Crippen molar-refractivity contribution in [3.05, 3.63) is 0 Å². The van der Waals surface area contributed by atoms with Gasteiger partial charge in [0.15, 0.2) is 0 Å². The van der Waals surface area contributed by atoms with E-state index in [-0.39, 0.29) is 6.61 Å². The number of hydrogen-bond acceptors (Lipinski definition) is 3. The van der Waals surface area contributed by atoms with Crippen molar-refractivity contribution in [1.82, 2.24) is 4.90 Å². The lowest BCUT2D eigenvalue weighted by molar-refractivity contribution is -0.113. The number of likely N-dealkylation sites (tertiary alicyclic amines) is 1. The minimum Gasteiger partial charge on any atom is -0.359 e. The summed E-state index contributed by atoms with van der Waals surface area (Å²) in [7, 11) is 0. The lowest BCUT2D eigenvalue weighted by atomic mass is 10.00. The van der Waals surface area contributed by atoms with Crippen LogP contribution in [0.15, 0.2) is 0 Å². The van der Waals surface area contributed by atoms with Gasteiger partial charge in [0.1, 0.15) is 12.9 Å². The van der Waals surface area contributed by atoms with Crippen LogP contribution in [0.1, 0.15) is 19.8 Å². The summed E-state index contributed by atoms with van der Waals surface area (Å²) >= 11 is 0. The molecule has 0 spiro atoms. The molecule has 0 N–H and O–H groups in total. The van der Waals surface area contributed by atoms with Gasteiger partial charge < -0.3 is 9.53 Å². The first-order valence-corrected chi connectivity index (χ1v) is 4.56. The highest BCUT2D eigenvalue weighted by molar-refractivity contribution is 5.50. The first-order chi connectivity index (χ1) is 5.83. The number of rotatable bonds is 4. The van der Waals surface area contributed by atoms with Crippen molar-refractivity contribution in [1.29, 1.82) is 0 Å². The van der Waals surface area contributed by atoms with E-state index < -0.39 is 0 Å². The molecule has 1 fully saturated rings. The van der Waals surface area contributed by atoms with Crippen LogP contribution in [0.25, 0.3) is 0 Å². The van der Waals surface area contributed by atoms with Gasteiger partial charge in [-0.3, -0.25) is 4.90 Å². The van der Waals surface area contributed by atoms with Crippen LogP contribution in [-0.4, -0.2) is 37.6 Å². The van der Waals surface area contributed by atoms with E-state index >= 15 is 0 Å². The van der Waals surface area contributed by atoms with E-state index in [1.807, 2.05) is 0 Å². The second-order valence-corrected chi connectivity index (χ2v) is 3.47. The fourth-order valence-corrected chi connectivity index (χ4v) is 1.42. The summed E-state index contributed by atoms with van der Waals surface area (Å²) in [6, 6.07) is 0. The van der Waals surface area contributed by atoms with Crippen molar-refractivity contribution in [3.8, 4) is 0 Å². The zero-order valence-electron chi connectivity index (χ0n) is 7.66. The highest BCUT2D eigenvalue weighted by Gasteiger charge is 2.14. The molecule has 12 heavy (non-hydrogen) atoms. The summed E-state index contributed by atoms with van der Waals surface area (Å²) in [6.45, 7) is 5.35. The third-order valence-corrected chi connectivity index (χ3v) is 2.34. The summed E-state index contributed by atoms with van der Waals surface area (Å²) in [5.41, 5.74) is 0. The predicted molar refractivity (Wildman–Crippen MR) is 46.9 cm³/mol. The molecule has 0 aromatic heterocycles. The van der Waals surface area contributed by atoms with Gasteiger partial charge in [0.2, 0.25) is 0 Å². The highest BCUT2D eigenvalue weighted by Crippen LogP contribution is 2.15. The van der Waals surface area contributed by atoms with Gasteiger partial charge in [0.05, 0.1) is 6.73 Å². The van der Waals surface area contributed by atoms with E-state index in [2.05, 4.69) is 11.8 Å². The Morgan fingerprint density at radius 3 is 2.75 bits per heavy atom. The Bertz CT molecular complexity index is 130. The van der Waals surface area contributed by atoms with Crippen LogP contribution >= 0.6 is 0 Å². The molecule has 0 aromatic rings. The van der Waals surface area contributed by atoms with Crippen molar-refractivity contribution in [2.24, 2.45) is 5.92 Å². The first kappa shape index (κ1) is 9.68. The Morgan fingerprint density at radius 2 is 2.17 bits per heavy atom. The fraction of sp³-hybridized carbons (Fsp3) is 0.889. The van der Waals surface area contributed by atoms with Crippen LogP contribution in [-0.2, 0) is 9.53 Å². The molecule has 70 valence electrons.